The molecule has 0 aliphatic rings. The fraction of sp³-hybridized carbons (Fsp3) is 0.529. The molecule has 26 heavy (non-hydrogen) atoms. The fourth-order valence-corrected chi connectivity index (χ4v) is 2.97. The van der Waals surface area contributed by atoms with E-state index in [9.17, 15) is 19.5 Å². The minimum Gasteiger partial charge on any atom is -0.382 e. The standard InChI is InChI=1S/C17H26N4O4S/c1-4-5-7-11(18)15(23)16(24)19-10-13(22)20-14(17(25)21(2)3)12-8-6-9-26-12/h6,8-9,11,14-15,23H,2,4-5,7,10,18H2,1,3H3,(H-,19,20,22,24)/p+1/t11?,14-,15?/m0/s1. The van der Waals surface area contributed by atoms with Crippen molar-refractivity contribution in [3.63, 3.8) is 0 Å². The topological polar surface area (TPSA) is 125 Å². The van der Waals surface area contributed by atoms with Crippen molar-refractivity contribution in [3.05, 3.63) is 22.4 Å². The van der Waals surface area contributed by atoms with E-state index in [1.54, 1.807) is 17.5 Å². The monoisotopic (exact) mass is 383 g/mol. The van der Waals surface area contributed by atoms with Crippen LogP contribution >= 0.6 is 11.3 Å². The average molecular weight is 383 g/mol. The van der Waals surface area contributed by atoms with Gasteiger partial charge >= 0.3 is 5.91 Å². The van der Waals surface area contributed by atoms with Gasteiger partial charge in [-0.05, 0) is 17.9 Å². The van der Waals surface area contributed by atoms with Crippen molar-refractivity contribution in [2.75, 3.05) is 13.6 Å². The number of nitrogens with zero attached hydrogens (tertiary/aromatic N) is 1. The molecule has 9 heteroatoms. The maximum absolute atomic E-state index is 12.2. The first-order valence-electron chi connectivity index (χ1n) is 8.40. The Balaban J connectivity index is 2.59. The summed E-state index contributed by atoms with van der Waals surface area (Å²) in [6.07, 6.45) is 0.843. The van der Waals surface area contributed by atoms with Crippen LogP contribution in [0, 0.1) is 0 Å². The molecule has 1 heterocycles. The predicted octanol–water partition coefficient (Wildman–Crippen LogP) is -0.230. The Kier molecular flexibility index (Phi) is 9.11. The lowest BCUT2D eigenvalue weighted by Gasteiger charge is -2.18. The molecule has 2 unspecified atom stereocenters. The molecule has 144 valence electrons. The Morgan fingerprint density at radius 1 is 1.42 bits per heavy atom. The van der Waals surface area contributed by atoms with Crippen molar-refractivity contribution < 1.29 is 24.1 Å². The van der Waals surface area contributed by atoms with Crippen LogP contribution in [0.2, 0.25) is 0 Å². The molecule has 1 rings (SSSR count). The van der Waals surface area contributed by atoms with Gasteiger partial charge in [0, 0.05) is 10.9 Å². The molecular weight excluding hydrogens is 356 g/mol. The normalized spacial score (nSPS) is 14.2. The average Bonchev–Trinajstić information content (AvgIpc) is 3.15. The van der Waals surface area contributed by atoms with Gasteiger partial charge in [0.2, 0.25) is 5.91 Å². The summed E-state index contributed by atoms with van der Waals surface area (Å²) in [4.78, 5) is 36.9. The first-order chi connectivity index (χ1) is 12.3. The highest BCUT2D eigenvalue weighted by molar-refractivity contribution is 7.10. The van der Waals surface area contributed by atoms with E-state index in [0.717, 1.165) is 17.4 Å². The summed E-state index contributed by atoms with van der Waals surface area (Å²) in [7, 11) is 1.49. The summed E-state index contributed by atoms with van der Waals surface area (Å²) in [5.41, 5.74) is 5.76. The zero-order valence-corrected chi connectivity index (χ0v) is 15.9. The fourth-order valence-electron chi connectivity index (χ4n) is 2.21. The molecule has 0 radical (unpaired) electrons. The second-order valence-electron chi connectivity index (χ2n) is 6.02. The molecule has 1 aromatic rings. The number of nitrogens with two attached hydrogens (primary N) is 1. The van der Waals surface area contributed by atoms with Crippen LogP contribution in [0.1, 0.15) is 37.1 Å². The van der Waals surface area contributed by atoms with Crippen LogP contribution in [-0.4, -0.2) is 59.9 Å². The summed E-state index contributed by atoms with van der Waals surface area (Å²) < 4.78 is 1.14. The minimum absolute atomic E-state index is 0.369. The van der Waals surface area contributed by atoms with E-state index in [1.807, 2.05) is 6.92 Å². The predicted molar refractivity (Wildman–Crippen MR) is 100 cm³/mol. The highest BCUT2D eigenvalue weighted by Crippen LogP contribution is 2.19. The second kappa shape index (κ2) is 10.8. The van der Waals surface area contributed by atoms with E-state index in [1.165, 1.54) is 18.4 Å². The molecule has 0 saturated carbocycles. The van der Waals surface area contributed by atoms with Gasteiger partial charge < -0.3 is 21.5 Å². The number of amides is 3. The highest BCUT2D eigenvalue weighted by atomic mass is 32.1. The Morgan fingerprint density at radius 2 is 2.12 bits per heavy atom. The maximum Gasteiger partial charge on any atom is 0.414 e. The van der Waals surface area contributed by atoms with Gasteiger partial charge in [0.1, 0.15) is 19.9 Å². The van der Waals surface area contributed by atoms with Crippen LogP contribution in [0.3, 0.4) is 0 Å². The number of hydrogen-bond donors (Lipinski definition) is 4. The molecule has 0 bridgehead atoms. The summed E-state index contributed by atoms with van der Waals surface area (Å²) in [5, 5.41) is 16.6. The molecule has 0 aliphatic carbocycles. The van der Waals surface area contributed by atoms with Gasteiger partial charge in [-0.2, -0.15) is 4.58 Å². The molecule has 0 aliphatic heterocycles. The lowest BCUT2D eigenvalue weighted by atomic mass is 10.0. The third kappa shape index (κ3) is 6.66. The molecule has 0 fully saturated rings. The molecule has 0 saturated heterocycles. The number of carbonyl (C=O) groups is 3. The van der Waals surface area contributed by atoms with E-state index in [2.05, 4.69) is 17.4 Å². The quantitative estimate of drug-likeness (QED) is 0.328. The molecule has 3 amide bonds. The van der Waals surface area contributed by atoms with Crippen molar-refractivity contribution in [1.29, 1.82) is 0 Å². The Hall–Kier alpha value is -2.10. The molecular formula is C17H27N4O4S+. The van der Waals surface area contributed by atoms with Crippen molar-refractivity contribution in [2.45, 2.75) is 44.4 Å². The van der Waals surface area contributed by atoms with Crippen LogP contribution in [0.15, 0.2) is 17.5 Å². The number of unbranched alkanes of at least 4 members (excludes halogenated alkanes) is 1. The van der Waals surface area contributed by atoms with Crippen LogP contribution in [0.25, 0.3) is 0 Å². The van der Waals surface area contributed by atoms with E-state index < -0.39 is 30.0 Å². The van der Waals surface area contributed by atoms with Gasteiger partial charge in [-0.15, -0.1) is 11.3 Å². The summed E-state index contributed by atoms with van der Waals surface area (Å²) in [5.74, 6) is -1.65. The summed E-state index contributed by atoms with van der Waals surface area (Å²) in [6.45, 7) is 5.15. The number of aliphatic hydroxyl groups excluding tert-OH is 1. The number of likely N-dealkylation sites (N-methyl/N-ethyl adjacent to an activating group) is 1. The van der Waals surface area contributed by atoms with Crippen LogP contribution in [0.4, 0.5) is 0 Å². The third-order valence-corrected chi connectivity index (χ3v) is 4.68. The van der Waals surface area contributed by atoms with Crippen LogP contribution in [-0.2, 0) is 14.4 Å². The lowest BCUT2D eigenvalue weighted by Crippen LogP contribution is -2.49. The number of carbonyl (C=O) groups excluding carboxylic acids is 3. The second-order valence-corrected chi connectivity index (χ2v) is 7.00. The van der Waals surface area contributed by atoms with Gasteiger partial charge in [0.15, 0.2) is 6.04 Å². The van der Waals surface area contributed by atoms with Gasteiger partial charge in [0.25, 0.3) is 5.91 Å². The third-order valence-electron chi connectivity index (χ3n) is 3.74. The molecule has 8 nitrogen and oxygen atoms in total. The van der Waals surface area contributed by atoms with Crippen molar-refractivity contribution in [2.24, 2.45) is 5.73 Å². The van der Waals surface area contributed by atoms with Gasteiger partial charge in [-0.25, -0.2) is 4.79 Å². The van der Waals surface area contributed by atoms with Crippen molar-refractivity contribution >= 4 is 35.8 Å². The smallest absolute Gasteiger partial charge is 0.382 e. The Morgan fingerprint density at radius 3 is 2.65 bits per heavy atom. The SMILES string of the molecule is C=[N+](C)C(=O)[C@@H](NC(=O)CNC(=O)C(O)C(N)CCCC)c1cccs1. The van der Waals surface area contributed by atoms with Crippen LogP contribution < -0.4 is 16.4 Å². The first-order valence-corrected chi connectivity index (χ1v) is 9.28. The Bertz CT molecular complexity index is 633. The van der Waals surface area contributed by atoms with E-state index in [-0.39, 0.29) is 12.5 Å². The zero-order valence-electron chi connectivity index (χ0n) is 15.1. The zero-order chi connectivity index (χ0) is 19.7. The largest absolute Gasteiger partial charge is 0.414 e. The van der Waals surface area contributed by atoms with Gasteiger partial charge in [-0.3, -0.25) is 9.59 Å². The summed E-state index contributed by atoms with van der Waals surface area (Å²) in [6, 6.07) is 1.94. The number of rotatable bonds is 10. The molecule has 0 spiro atoms. The highest BCUT2D eigenvalue weighted by Gasteiger charge is 2.30. The number of aliphatic hydroxyl groups is 1. The first kappa shape index (κ1) is 21.9. The molecule has 5 N–H and O–H groups in total. The van der Waals surface area contributed by atoms with E-state index >= 15 is 0 Å². The molecule has 1 aromatic heterocycles. The maximum atomic E-state index is 12.2. The summed E-state index contributed by atoms with van der Waals surface area (Å²) >= 11 is 1.33. The number of thiophene rings is 1. The van der Waals surface area contributed by atoms with Crippen molar-refractivity contribution in [1.82, 2.24) is 10.6 Å². The molecule has 3 atom stereocenters. The van der Waals surface area contributed by atoms with E-state index in [0.29, 0.717) is 11.3 Å². The van der Waals surface area contributed by atoms with Gasteiger partial charge in [0.05, 0.1) is 6.54 Å². The molecule has 0 aromatic carbocycles. The van der Waals surface area contributed by atoms with Gasteiger partial charge in [-0.1, -0.05) is 25.8 Å². The number of nitrogens with one attached hydrogen (secondary N) is 2. The minimum atomic E-state index is -1.38. The van der Waals surface area contributed by atoms with Crippen molar-refractivity contribution in [3.8, 4) is 0 Å². The van der Waals surface area contributed by atoms with E-state index in [4.69, 9.17) is 5.73 Å². The Labute approximate surface area is 157 Å². The van der Waals surface area contributed by atoms with Crippen LogP contribution in [0.5, 0.6) is 0 Å². The number of hydrogen-bond acceptors (Lipinski definition) is 6. The lowest BCUT2D eigenvalue weighted by molar-refractivity contribution is -0.412.